The highest BCUT2D eigenvalue weighted by Crippen LogP contribution is 2.23. The van der Waals surface area contributed by atoms with Crippen LogP contribution in [-0.2, 0) is 4.79 Å². The summed E-state index contributed by atoms with van der Waals surface area (Å²) in [5, 5.41) is 5.69. The molecular weight excluding hydrogens is 300 g/mol. The quantitative estimate of drug-likeness (QED) is 0.808. The largest absolute Gasteiger partial charge is 0.378 e. The maximum Gasteiger partial charge on any atom is 0.253 e. The molecule has 5 nitrogen and oxygen atoms in total. The van der Waals surface area contributed by atoms with E-state index in [2.05, 4.69) is 27.1 Å². The minimum absolute atomic E-state index is 0.00438. The highest BCUT2D eigenvalue weighted by molar-refractivity contribution is 6.12. The molecule has 0 bridgehead atoms. The van der Waals surface area contributed by atoms with Gasteiger partial charge in [-0.25, -0.2) is 5.01 Å². The summed E-state index contributed by atoms with van der Waals surface area (Å²) in [6.45, 7) is 1.86. The molecule has 2 aromatic carbocycles. The lowest BCUT2D eigenvalue weighted by atomic mass is 10.2. The Morgan fingerprint density at radius 3 is 2.29 bits per heavy atom. The van der Waals surface area contributed by atoms with E-state index in [9.17, 15) is 4.79 Å². The summed E-state index contributed by atoms with van der Waals surface area (Å²) >= 11 is 0. The van der Waals surface area contributed by atoms with Crippen molar-refractivity contribution in [3.63, 3.8) is 0 Å². The Morgan fingerprint density at radius 1 is 1.08 bits per heavy atom. The number of hydrazone groups is 1. The van der Waals surface area contributed by atoms with Crippen LogP contribution >= 0.6 is 0 Å². The van der Waals surface area contributed by atoms with Gasteiger partial charge in [0.1, 0.15) is 0 Å². The third-order valence-corrected chi connectivity index (χ3v) is 3.78. The molecule has 0 aliphatic carbocycles. The van der Waals surface area contributed by atoms with E-state index in [0.29, 0.717) is 6.42 Å². The number of nitrogens with zero attached hydrogens (tertiary/aromatic N) is 4. The van der Waals surface area contributed by atoms with Gasteiger partial charge >= 0.3 is 0 Å². The molecular formula is C19H20N4O. The van der Waals surface area contributed by atoms with E-state index >= 15 is 0 Å². The monoisotopic (exact) mass is 320 g/mol. The molecule has 0 N–H and O–H groups in total. The number of aliphatic imine (C=N–C) groups is 1. The Bertz CT molecular complexity index is 789. The first-order chi connectivity index (χ1) is 11.5. The highest BCUT2D eigenvalue weighted by atomic mass is 16.2. The predicted octanol–water partition coefficient (Wildman–Crippen LogP) is 3.62. The van der Waals surface area contributed by atoms with Crippen LogP contribution in [0.25, 0.3) is 0 Å². The van der Waals surface area contributed by atoms with Crippen LogP contribution in [0.2, 0.25) is 0 Å². The summed E-state index contributed by atoms with van der Waals surface area (Å²) < 4.78 is 0. The van der Waals surface area contributed by atoms with Crippen LogP contribution in [0.4, 0.5) is 17.1 Å². The van der Waals surface area contributed by atoms with Crippen LogP contribution in [0.1, 0.15) is 18.9 Å². The lowest BCUT2D eigenvalue weighted by Gasteiger charge is -2.12. The Balaban J connectivity index is 1.71. The number of benzene rings is 2. The van der Waals surface area contributed by atoms with Gasteiger partial charge in [-0.15, -0.1) is 0 Å². The molecule has 0 aromatic heterocycles. The van der Waals surface area contributed by atoms with Crippen molar-refractivity contribution in [2.24, 2.45) is 10.1 Å². The summed E-state index contributed by atoms with van der Waals surface area (Å²) in [6, 6.07) is 15.7. The van der Waals surface area contributed by atoms with E-state index in [1.54, 1.807) is 0 Å². The van der Waals surface area contributed by atoms with Gasteiger partial charge in [-0.2, -0.15) is 5.10 Å². The second-order valence-electron chi connectivity index (χ2n) is 5.98. The molecule has 122 valence electrons. The maximum absolute atomic E-state index is 11.8. The number of anilines is 2. The Hall–Kier alpha value is -2.95. The summed E-state index contributed by atoms with van der Waals surface area (Å²) in [4.78, 5) is 18.4. The molecule has 1 aliphatic rings. The fourth-order valence-electron chi connectivity index (χ4n) is 2.44. The standard InChI is InChI=1S/C19H20N4O/c1-14-12-19(24)23(21-14)18-10-6-16(7-11-18)20-13-15-4-8-17(9-5-15)22(2)3/h4-11,13H,12H2,1-3H3. The molecule has 2 aromatic rings. The molecule has 0 saturated heterocycles. The predicted molar refractivity (Wildman–Crippen MR) is 99.7 cm³/mol. The van der Waals surface area contributed by atoms with Gasteiger partial charge in [0.25, 0.3) is 5.91 Å². The summed E-state index contributed by atoms with van der Waals surface area (Å²) in [5.74, 6) is 0.00438. The lowest BCUT2D eigenvalue weighted by molar-refractivity contribution is -0.116. The van der Waals surface area contributed by atoms with Crippen molar-refractivity contribution >= 4 is 34.9 Å². The van der Waals surface area contributed by atoms with E-state index < -0.39 is 0 Å². The van der Waals surface area contributed by atoms with Gasteiger partial charge in [0, 0.05) is 31.7 Å². The molecule has 0 atom stereocenters. The first kappa shape index (κ1) is 15.9. The van der Waals surface area contributed by atoms with Crippen molar-refractivity contribution in [1.29, 1.82) is 0 Å². The zero-order valence-electron chi connectivity index (χ0n) is 14.1. The SMILES string of the molecule is CC1=NN(c2ccc(N=Cc3ccc(N(C)C)cc3)cc2)C(=O)C1. The van der Waals surface area contributed by atoms with Gasteiger partial charge < -0.3 is 4.90 Å². The van der Waals surface area contributed by atoms with Crippen LogP contribution < -0.4 is 9.91 Å². The molecule has 0 spiro atoms. The normalized spacial score (nSPS) is 14.4. The molecule has 0 saturated carbocycles. The average molecular weight is 320 g/mol. The molecule has 0 fully saturated rings. The van der Waals surface area contributed by atoms with Crippen molar-refractivity contribution in [1.82, 2.24) is 0 Å². The molecule has 1 heterocycles. The van der Waals surface area contributed by atoms with Crippen molar-refractivity contribution in [2.45, 2.75) is 13.3 Å². The first-order valence-electron chi connectivity index (χ1n) is 7.81. The van der Waals surface area contributed by atoms with E-state index in [1.807, 2.05) is 63.6 Å². The van der Waals surface area contributed by atoms with Gasteiger partial charge in [0.05, 0.1) is 17.8 Å². The topological polar surface area (TPSA) is 48.3 Å². The molecule has 5 heteroatoms. The van der Waals surface area contributed by atoms with E-state index in [4.69, 9.17) is 0 Å². The average Bonchev–Trinajstić information content (AvgIpc) is 2.92. The van der Waals surface area contributed by atoms with E-state index in [1.165, 1.54) is 5.01 Å². The minimum atomic E-state index is 0.00438. The number of carbonyl (C=O) groups excluding carboxylic acids is 1. The molecule has 24 heavy (non-hydrogen) atoms. The van der Waals surface area contributed by atoms with Gasteiger partial charge in [-0.05, 0) is 48.9 Å². The van der Waals surface area contributed by atoms with Crippen molar-refractivity contribution in [3.05, 3.63) is 54.1 Å². The van der Waals surface area contributed by atoms with Gasteiger partial charge in [-0.3, -0.25) is 9.79 Å². The fourth-order valence-corrected chi connectivity index (χ4v) is 2.44. The van der Waals surface area contributed by atoms with Gasteiger partial charge in [0.15, 0.2) is 0 Å². The number of hydrogen-bond acceptors (Lipinski definition) is 4. The van der Waals surface area contributed by atoms with E-state index in [-0.39, 0.29) is 5.91 Å². The number of amides is 1. The highest BCUT2D eigenvalue weighted by Gasteiger charge is 2.22. The van der Waals surface area contributed by atoms with Crippen molar-refractivity contribution in [3.8, 4) is 0 Å². The second kappa shape index (κ2) is 6.66. The van der Waals surface area contributed by atoms with Crippen LogP contribution in [0.3, 0.4) is 0 Å². The van der Waals surface area contributed by atoms with Gasteiger partial charge in [-0.1, -0.05) is 12.1 Å². The maximum atomic E-state index is 11.8. The molecule has 0 unspecified atom stereocenters. The van der Waals surface area contributed by atoms with Crippen molar-refractivity contribution in [2.75, 3.05) is 24.0 Å². The number of hydrogen-bond donors (Lipinski definition) is 0. The zero-order chi connectivity index (χ0) is 17.1. The Morgan fingerprint density at radius 2 is 1.75 bits per heavy atom. The first-order valence-corrected chi connectivity index (χ1v) is 7.81. The second-order valence-corrected chi connectivity index (χ2v) is 5.98. The van der Waals surface area contributed by atoms with Crippen LogP contribution in [0.15, 0.2) is 58.6 Å². The number of rotatable bonds is 4. The third-order valence-electron chi connectivity index (χ3n) is 3.78. The summed E-state index contributed by atoms with van der Waals surface area (Å²) in [7, 11) is 4.03. The number of carbonyl (C=O) groups is 1. The zero-order valence-corrected chi connectivity index (χ0v) is 14.1. The smallest absolute Gasteiger partial charge is 0.253 e. The summed E-state index contributed by atoms with van der Waals surface area (Å²) in [5.41, 5.74) is 4.64. The molecule has 1 amide bonds. The minimum Gasteiger partial charge on any atom is -0.378 e. The Kier molecular flexibility index (Phi) is 4.42. The van der Waals surface area contributed by atoms with Gasteiger partial charge in [0.2, 0.25) is 0 Å². The van der Waals surface area contributed by atoms with Crippen molar-refractivity contribution < 1.29 is 4.79 Å². The third kappa shape index (κ3) is 3.51. The lowest BCUT2D eigenvalue weighted by Crippen LogP contribution is -2.19. The molecule has 1 aliphatic heterocycles. The Labute approximate surface area is 141 Å². The fraction of sp³-hybridized carbons (Fsp3) is 0.211. The van der Waals surface area contributed by atoms with Crippen LogP contribution in [0, 0.1) is 0 Å². The summed E-state index contributed by atoms with van der Waals surface area (Å²) in [6.07, 6.45) is 2.22. The molecule has 0 radical (unpaired) electrons. The van der Waals surface area contributed by atoms with Crippen LogP contribution in [-0.4, -0.2) is 31.9 Å². The molecule has 3 rings (SSSR count). The van der Waals surface area contributed by atoms with E-state index in [0.717, 1.165) is 28.3 Å². The van der Waals surface area contributed by atoms with Crippen LogP contribution in [0.5, 0.6) is 0 Å².